The highest BCUT2D eigenvalue weighted by Gasteiger charge is 2.33. The summed E-state index contributed by atoms with van der Waals surface area (Å²) in [6, 6.07) is 1.54. The SMILES string of the molecule is Cc1cc(SCl)c(F)cc1C(F)(F)F. The molecule has 0 spiro atoms. The second kappa shape index (κ2) is 3.98. The lowest BCUT2D eigenvalue weighted by atomic mass is 10.1. The van der Waals surface area contributed by atoms with Gasteiger partial charge in [0.1, 0.15) is 5.82 Å². The summed E-state index contributed by atoms with van der Waals surface area (Å²) in [6.45, 7) is 1.26. The number of hydrogen-bond donors (Lipinski definition) is 0. The van der Waals surface area contributed by atoms with E-state index >= 15 is 0 Å². The monoisotopic (exact) mass is 244 g/mol. The first-order chi connectivity index (χ1) is 6.36. The van der Waals surface area contributed by atoms with Gasteiger partial charge in [-0.3, -0.25) is 0 Å². The molecule has 0 saturated heterocycles. The Morgan fingerprint density at radius 2 is 1.86 bits per heavy atom. The number of hydrogen-bond acceptors (Lipinski definition) is 1. The molecule has 1 aromatic rings. The predicted molar refractivity (Wildman–Crippen MR) is 47.8 cm³/mol. The van der Waals surface area contributed by atoms with Crippen molar-refractivity contribution in [1.29, 1.82) is 0 Å². The summed E-state index contributed by atoms with van der Waals surface area (Å²) in [6.07, 6.45) is -4.53. The number of rotatable bonds is 1. The fourth-order valence-electron chi connectivity index (χ4n) is 1.02. The Kier molecular flexibility index (Phi) is 3.32. The van der Waals surface area contributed by atoms with Crippen molar-refractivity contribution < 1.29 is 17.6 Å². The van der Waals surface area contributed by atoms with Gasteiger partial charge in [-0.05, 0) is 46.3 Å². The second-order valence-electron chi connectivity index (χ2n) is 2.67. The van der Waals surface area contributed by atoms with Crippen molar-refractivity contribution in [3.63, 3.8) is 0 Å². The van der Waals surface area contributed by atoms with Gasteiger partial charge in [0.05, 0.1) is 10.5 Å². The van der Waals surface area contributed by atoms with Gasteiger partial charge in [-0.2, -0.15) is 13.2 Å². The van der Waals surface area contributed by atoms with Crippen molar-refractivity contribution in [2.24, 2.45) is 0 Å². The first-order valence-corrected chi connectivity index (χ1v) is 5.16. The van der Waals surface area contributed by atoms with Crippen LogP contribution in [0.25, 0.3) is 0 Å². The minimum Gasteiger partial charge on any atom is -0.206 e. The summed E-state index contributed by atoms with van der Waals surface area (Å²) in [5.74, 6) is -0.956. The Bertz CT molecular complexity index is 348. The molecule has 0 heterocycles. The molecule has 1 rings (SSSR count). The van der Waals surface area contributed by atoms with Gasteiger partial charge in [-0.15, -0.1) is 0 Å². The molecule has 0 saturated carbocycles. The Hall–Kier alpha value is -0.420. The summed E-state index contributed by atoms with van der Waals surface area (Å²) in [4.78, 5) is -0.00262. The van der Waals surface area contributed by atoms with Gasteiger partial charge in [-0.1, -0.05) is 0 Å². The summed E-state index contributed by atoms with van der Waals surface area (Å²) in [5.41, 5.74) is -1.01. The predicted octanol–water partition coefficient (Wildman–Crippen LogP) is 4.40. The lowest BCUT2D eigenvalue weighted by Crippen LogP contribution is -2.08. The molecule has 14 heavy (non-hydrogen) atoms. The fourth-order valence-corrected chi connectivity index (χ4v) is 1.73. The van der Waals surface area contributed by atoms with Crippen molar-refractivity contribution in [3.8, 4) is 0 Å². The second-order valence-corrected chi connectivity index (χ2v) is 3.73. The van der Waals surface area contributed by atoms with Crippen molar-refractivity contribution in [2.75, 3.05) is 0 Å². The minimum absolute atomic E-state index is 0.00262. The zero-order valence-corrected chi connectivity index (χ0v) is 8.53. The van der Waals surface area contributed by atoms with Crippen LogP contribution in [0.1, 0.15) is 11.1 Å². The molecule has 0 fully saturated rings. The van der Waals surface area contributed by atoms with E-state index in [-0.39, 0.29) is 10.5 Å². The van der Waals surface area contributed by atoms with Gasteiger partial charge in [0, 0.05) is 0 Å². The van der Waals surface area contributed by atoms with Gasteiger partial charge in [0.2, 0.25) is 0 Å². The Morgan fingerprint density at radius 1 is 1.29 bits per heavy atom. The van der Waals surface area contributed by atoms with E-state index in [1.165, 1.54) is 6.92 Å². The van der Waals surface area contributed by atoms with E-state index in [1.54, 1.807) is 0 Å². The normalized spacial score (nSPS) is 11.9. The minimum atomic E-state index is -4.53. The van der Waals surface area contributed by atoms with Gasteiger partial charge >= 0.3 is 6.18 Å². The first kappa shape index (κ1) is 11.7. The van der Waals surface area contributed by atoms with E-state index in [0.717, 1.165) is 6.07 Å². The Balaban J connectivity index is 3.29. The van der Waals surface area contributed by atoms with Crippen LogP contribution < -0.4 is 0 Å². The highest BCUT2D eigenvalue weighted by atomic mass is 35.7. The molecular weight excluding hydrogens is 240 g/mol. The van der Waals surface area contributed by atoms with E-state index in [9.17, 15) is 17.6 Å². The number of halogens is 5. The van der Waals surface area contributed by atoms with E-state index in [1.807, 2.05) is 0 Å². The maximum absolute atomic E-state index is 13.0. The van der Waals surface area contributed by atoms with Crippen LogP contribution in [0.15, 0.2) is 17.0 Å². The van der Waals surface area contributed by atoms with Crippen molar-refractivity contribution in [1.82, 2.24) is 0 Å². The molecule has 6 heteroatoms. The summed E-state index contributed by atoms with van der Waals surface area (Å²) in [7, 11) is 5.82. The molecular formula is C8H5ClF4S. The molecule has 0 aliphatic heterocycles. The maximum atomic E-state index is 13.0. The number of benzene rings is 1. The molecule has 0 unspecified atom stereocenters. The molecule has 0 aliphatic carbocycles. The van der Waals surface area contributed by atoms with Crippen molar-refractivity contribution >= 4 is 21.7 Å². The average molecular weight is 245 g/mol. The third-order valence-corrected chi connectivity index (χ3v) is 2.65. The van der Waals surface area contributed by atoms with Crippen LogP contribution in [-0.4, -0.2) is 0 Å². The molecule has 0 N–H and O–H groups in total. The standard InChI is InChI=1S/C8H5ClF4S/c1-4-2-7(14-9)6(10)3-5(4)8(11,12)13/h2-3H,1H3. The van der Waals surface area contributed by atoms with Crippen molar-refractivity contribution in [2.45, 2.75) is 18.0 Å². The summed E-state index contributed by atoms with van der Waals surface area (Å²) >= 11 is 0. The number of alkyl halides is 3. The van der Waals surface area contributed by atoms with Crippen LogP contribution in [0.5, 0.6) is 0 Å². The summed E-state index contributed by atoms with van der Waals surface area (Å²) < 4.78 is 49.7. The maximum Gasteiger partial charge on any atom is 0.416 e. The molecule has 0 atom stereocenters. The van der Waals surface area contributed by atoms with Crippen LogP contribution in [0, 0.1) is 12.7 Å². The third-order valence-electron chi connectivity index (χ3n) is 1.67. The average Bonchev–Trinajstić information content (AvgIpc) is 2.06. The molecule has 0 aliphatic rings. The van der Waals surface area contributed by atoms with Crippen LogP contribution in [0.3, 0.4) is 0 Å². The lowest BCUT2D eigenvalue weighted by molar-refractivity contribution is -0.138. The van der Waals surface area contributed by atoms with E-state index < -0.39 is 17.6 Å². The molecule has 0 amide bonds. The first-order valence-electron chi connectivity index (χ1n) is 3.52. The smallest absolute Gasteiger partial charge is 0.206 e. The van der Waals surface area contributed by atoms with E-state index in [2.05, 4.69) is 0 Å². The zero-order chi connectivity index (χ0) is 10.9. The quantitative estimate of drug-likeness (QED) is 0.660. The molecule has 0 nitrogen and oxygen atoms in total. The highest BCUT2D eigenvalue weighted by Crippen LogP contribution is 2.35. The highest BCUT2D eigenvalue weighted by molar-refractivity contribution is 8.21. The zero-order valence-electron chi connectivity index (χ0n) is 6.95. The largest absolute Gasteiger partial charge is 0.416 e. The van der Waals surface area contributed by atoms with Crippen LogP contribution in [-0.2, 0) is 6.18 Å². The van der Waals surface area contributed by atoms with Gasteiger partial charge in [0.25, 0.3) is 0 Å². The Labute approximate surface area is 86.8 Å². The van der Waals surface area contributed by atoms with Crippen LogP contribution in [0.4, 0.5) is 17.6 Å². The van der Waals surface area contributed by atoms with E-state index in [0.29, 0.717) is 17.0 Å². The molecule has 0 radical (unpaired) electrons. The fraction of sp³-hybridized carbons (Fsp3) is 0.250. The molecule has 0 aromatic heterocycles. The van der Waals surface area contributed by atoms with Gasteiger partial charge in [-0.25, -0.2) is 4.39 Å². The van der Waals surface area contributed by atoms with Gasteiger partial charge < -0.3 is 0 Å². The van der Waals surface area contributed by atoms with Crippen molar-refractivity contribution in [3.05, 3.63) is 29.1 Å². The van der Waals surface area contributed by atoms with E-state index in [4.69, 9.17) is 10.7 Å². The molecule has 78 valence electrons. The lowest BCUT2D eigenvalue weighted by Gasteiger charge is -2.11. The topological polar surface area (TPSA) is 0 Å². The molecule has 1 aromatic carbocycles. The van der Waals surface area contributed by atoms with Crippen LogP contribution in [0.2, 0.25) is 0 Å². The molecule has 0 bridgehead atoms. The summed E-state index contributed by atoms with van der Waals surface area (Å²) in [5, 5.41) is 0. The third kappa shape index (κ3) is 2.33. The van der Waals surface area contributed by atoms with Gasteiger partial charge in [0.15, 0.2) is 0 Å². The van der Waals surface area contributed by atoms with Crippen LogP contribution >= 0.6 is 21.7 Å². The number of aryl methyl sites for hydroxylation is 1. The Morgan fingerprint density at radius 3 is 2.29 bits per heavy atom.